The topological polar surface area (TPSA) is 48.8 Å². The average Bonchev–Trinajstić information content (AvgIpc) is 3.03. The minimum Gasteiger partial charge on any atom is -0.309 e. The Morgan fingerprint density at radius 2 is 0.795 bits per heavy atom. The van der Waals surface area contributed by atoms with Crippen LogP contribution in [0.3, 0.4) is 0 Å². The summed E-state index contributed by atoms with van der Waals surface area (Å²) in [6, 6.07) is 43.2. The van der Waals surface area contributed by atoms with Crippen molar-refractivity contribution in [3.05, 3.63) is 144 Å². The Morgan fingerprint density at radius 1 is 0.477 bits per heavy atom. The van der Waals surface area contributed by atoms with E-state index in [-0.39, 0.29) is 11.1 Å². The van der Waals surface area contributed by atoms with Gasteiger partial charge in [-0.15, -0.1) is 0 Å². The molecule has 1 aliphatic heterocycles. The Kier molecular flexibility index (Phi) is 11.3. The highest BCUT2D eigenvalue weighted by Gasteiger charge is 2.29. The van der Waals surface area contributed by atoms with Crippen molar-refractivity contribution >= 4 is 11.4 Å². The molecule has 4 heteroatoms. The summed E-state index contributed by atoms with van der Waals surface area (Å²) in [5.74, 6) is 0. The van der Waals surface area contributed by atoms with Gasteiger partial charge in [0.1, 0.15) is 0 Å². The van der Waals surface area contributed by atoms with E-state index in [2.05, 4.69) is 146 Å². The van der Waals surface area contributed by atoms with Crippen LogP contribution in [0.25, 0.3) is 0 Å². The van der Waals surface area contributed by atoms with Crippen LogP contribution in [0.2, 0.25) is 0 Å². The maximum atomic E-state index is 5.29. The van der Waals surface area contributed by atoms with Gasteiger partial charge in [0.2, 0.25) is 0 Å². The molecule has 0 fully saturated rings. The molecule has 2 atom stereocenters. The van der Waals surface area contributed by atoms with Gasteiger partial charge < -0.3 is 10.6 Å². The van der Waals surface area contributed by atoms with Gasteiger partial charge in [-0.25, -0.2) is 0 Å². The number of aliphatic imine (C=N–C) groups is 2. The number of nitrogens with zero attached hydrogens (tertiary/aromatic N) is 2. The van der Waals surface area contributed by atoms with E-state index in [9.17, 15) is 0 Å². The summed E-state index contributed by atoms with van der Waals surface area (Å²) in [7, 11) is 0. The fourth-order valence-corrected chi connectivity index (χ4v) is 6.52. The van der Waals surface area contributed by atoms with E-state index in [1.807, 2.05) is 0 Å². The number of hydrogen-bond donors (Lipinski definition) is 2. The van der Waals surface area contributed by atoms with Crippen LogP contribution in [-0.4, -0.2) is 48.7 Å². The first-order chi connectivity index (χ1) is 21.5. The molecular formula is C40H48N4. The van der Waals surface area contributed by atoms with E-state index in [1.165, 1.54) is 33.7 Å². The number of nitrogens with one attached hydrogen (secondary N) is 2. The van der Waals surface area contributed by atoms with Crippen molar-refractivity contribution in [1.29, 1.82) is 0 Å². The Labute approximate surface area is 264 Å². The molecule has 5 rings (SSSR count). The molecule has 2 N–H and O–H groups in total. The summed E-state index contributed by atoms with van der Waals surface area (Å²) >= 11 is 0. The predicted molar refractivity (Wildman–Crippen MR) is 187 cm³/mol. The molecule has 0 radical (unpaired) electrons. The first kappa shape index (κ1) is 31.6. The molecule has 0 bridgehead atoms. The third-order valence-electron chi connectivity index (χ3n) is 8.56. The van der Waals surface area contributed by atoms with Crippen molar-refractivity contribution in [3.8, 4) is 0 Å². The second kappa shape index (κ2) is 15.7. The SMILES string of the molecule is C[C@@]1(Cc2ccccc2)CC(Cc2ccccc2)=NCCN[C@@](C)(Cc2ccccc2)CC(Cc2ccccc2)=NCCN1. The highest BCUT2D eigenvalue weighted by Crippen LogP contribution is 2.22. The van der Waals surface area contributed by atoms with Crippen LogP contribution >= 0.6 is 0 Å². The summed E-state index contributed by atoms with van der Waals surface area (Å²) in [6.07, 6.45) is 5.39. The fraction of sp³-hybridized carbons (Fsp3) is 0.350. The van der Waals surface area contributed by atoms with Crippen LogP contribution in [0.5, 0.6) is 0 Å². The molecule has 4 nitrogen and oxygen atoms in total. The van der Waals surface area contributed by atoms with E-state index in [0.29, 0.717) is 0 Å². The Bertz CT molecular complexity index is 1350. The van der Waals surface area contributed by atoms with E-state index in [4.69, 9.17) is 9.98 Å². The second-order valence-electron chi connectivity index (χ2n) is 12.9. The summed E-state index contributed by atoms with van der Waals surface area (Å²) in [5, 5.41) is 7.91. The van der Waals surface area contributed by atoms with E-state index < -0.39 is 0 Å². The molecule has 0 unspecified atom stereocenters. The van der Waals surface area contributed by atoms with Gasteiger partial charge in [0.15, 0.2) is 0 Å². The predicted octanol–water partition coefficient (Wildman–Crippen LogP) is 7.33. The molecule has 0 spiro atoms. The lowest BCUT2D eigenvalue weighted by molar-refractivity contribution is 0.360. The monoisotopic (exact) mass is 584 g/mol. The van der Waals surface area contributed by atoms with Crippen molar-refractivity contribution in [3.63, 3.8) is 0 Å². The smallest absolute Gasteiger partial charge is 0.0513 e. The first-order valence-electron chi connectivity index (χ1n) is 16.2. The molecule has 1 heterocycles. The molecule has 4 aromatic rings. The Balaban J connectivity index is 1.43. The largest absolute Gasteiger partial charge is 0.309 e. The Hall–Kier alpha value is -3.86. The van der Waals surface area contributed by atoms with Crippen LogP contribution in [0.1, 0.15) is 48.9 Å². The summed E-state index contributed by atoms with van der Waals surface area (Å²) in [4.78, 5) is 10.6. The summed E-state index contributed by atoms with van der Waals surface area (Å²) in [5.41, 5.74) is 7.53. The van der Waals surface area contributed by atoms with Gasteiger partial charge in [-0.1, -0.05) is 121 Å². The van der Waals surface area contributed by atoms with Gasteiger partial charge in [0.25, 0.3) is 0 Å². The van der Waals surface area contributed by atoms with Gasteiger partial charge in [-0.3, -0.25) is 9.98 Å². The van der Waals surface area contributed by atoms with Crippen molar-refractivity contribution in [2.75, 3.05) is 26.2 Å². The molecule has 0 saturated carbocycles. The third-order valence-corrected chi connectivity index (χ3v) is 8.56. The van der Waals surface area contributed by atoms with E-state index >= 15 is 0 Å². The maximum Gasteiger partial charge on any atom is 0.0513 e. The molecule has 0 aliphatic carbocycles. The van der Waals surface area contributed by atoms with Crippen LogP contribution in [0.15, 0.2) is 131 Å². The minimum absolute atomic E-state index is 0.135. The standard InChI is InChI=1S/C40H48N4/c1-39(29-35-19-11-5-12-20-35)31-37(27-33-15-7-3-8-16-33)41-24-26-44-40(2,30-36-21-13-6-14-22-36)32-38(42-23-25-43-39)28-34-17-9-4-10-18-34/h3-22,43-44H,23-32H2,1-2H3/t39-,40+. The van der Waals surface area contributed by atoms with Crippen LogP contribution in [-0.2, 0) is 25.7 Å². The lowest BCUT2D eigenvalue weighted by Gasteiger charge is -2.34. The minimum atomic E-state index is -0.135. The summed E-state index contributed by atoms with van der Waals surface area (Å²) in [6.45, 7) is 7.86. The zero-order valence-corrected chi connectivity index (χ0v) is 26.5. The molecule has 0 aromatic heterocycles. The van der Waals surface area contributed by atoms with Gasteiger partial charge >= 0.3 is 0 Å². The molecule has 228 valence electrons. The van der Waals surface area contributed by atoms with Gasteiger partial charge in [-0.05, 0) is 48.9 Å². The van der Waals surface area contributed by atoms with Crippen molar-refractivity contribution in [2.24, 2.45) is 9.98 Å². The number of rotatable bonds is 8. The molecular weight excluding hydrogens is 536 g/mol. The van der Waals surface area contributed by atoms with Crippen molar-refractivity contribution < 1.29 is 0 Å². The fourth-order valence-electron chi connectivity index (χ4n) is 6.52. The van der Waals surface area contributed by atoms with Gasteiger partial charge in [0, 0.05) is 61.3 Å². The Morgan fingerprint density at radius 3 is 1.14 bits per heavy atom. The molecule has 44 heavy (non-hydrogen) atoms. The number of benzene rings is 4. The lowest BCUT2D eigenvalue weighted by atomic mass is 9.85. The normalized spacial score (nSPS) is 22.0. The highest BCUT2D eigenvalue weighted by atomic mass is 15.0. The van der Waals surface area contributed by atoms with Crippen LogP contribution < -0.4 is 10.6 Å². The molecule has 4 aromatic carbocycles. The summed E-state index contributed by atoms with van der Waals surface area (Å²) < 4.78 is 0. The van der Waals surface area contributed by atoms with E-state index in [1.54, 1.807) is 0 Å². The molecule has 0 amide bonds. The van der Waals surface area contributed by atoms with Gasteiger partial charge in [-0.2, -0.15) is 0 Å². The van der Waals surface area contributed by atoms with E-state index in [0.717, 1.165) is 64.7 Å². The first-order valence-corrected chi connectivity index (χ1v) is 16.2. The van der Waals surface area contributed by atoms with Crippen LogP contribution in [0.4, 0.5) is 0 Å². The molecule has 1 aliphatic rings. The maximum absolute atomic E-state index is 5.29. The number of hydrogen-bond acceptors (Lipinski definition) is 4. The van der Waals surface area contributed by atoms with Crippen LogP contribution in [0, 0.1) is 0 Å². The zero-order valence-electron chi connectivity index (χ0n) is 26.5. The quantitative estimate of drug-likeness (QED) is 0.228. The lowest BCUT2D eigenvalue weighted by Crippen LogP contribution is -2.49. The van der Waals surface area contributed by atoms with Crippen molar-refractivity contribution in [1.82, 2.24) is 10.6 Å². The van der Waals surface area contributed by atoms with Crippen molar-refractivity contribution in [2.45, 2.75) is 63.5 Å². The van der Waals surface area contributed by atoms with Gasteiger partial charge in [0.05, 0.1) is 13.1 Å². The second-order valence-corrected chi connectivity index (χ2v) is 12.9. The average molecular weight is 585 g/mol. The third kappa shape index (κ3) is 10.1. The molecule has 0 saturated heterocycles. The highest BCUT2D eigenvalue weighted by molar-refractivity contribution is 5.88. The zero-order chi connectivity index (χ0) is 30.5.